The standard InChI is InChI=1S/C12H12N6O/c1-8-9(5-15-17-8)4-14-12(19)10-6-16-18-3-2-13-7-11(10)18/h2-3,5-7H,4H2,1H3,(H,14,19)(H,15,17). The molecule has 7 nitrogen and oxygen atoms in total. The van der Waals surface area contributed by atoms with Gasteiger partial charge in [0, 0.05) is 30.2 Å². The van der Waals surface area contributed by atoms with Crippen molar-refractivity contribution in [2.24, 2.45) is 0 Å². The van der Waals surface area contributed by atoms with Gasteiger partial charge < -0.3 is 5.32 Å². The van der Waals surface area contributed by atoms with E-state index in [-0.39, 0.29) is 5.91 Å². The van der Waals surface area contributed by atoms with Crippen LogP contribution in [0.2, 0.25) is 0 Å². The summed E-state index contributed by atoms with van der Waals surface area (Å²) in [6.07, 6.45) is 8.18. The van der Waals surface area contributed by atoms with Crippen molar-refractivity contribution in [3.63, 3.8) is 0 Å². The van der Waals surface area contributed by atoms with Crippen LogP contribution in [0, 0.1) is 6.92 Å². The number of H-pyrrole nitrogens is 1. The third-order valence-corrected chi connectivity index (χ3v) is 2.94. The molecule has 3 heterocycles. The smallest absolute Gasteiger partial charge is 0.255 e. The molecule has 0 spiro atoms. The van der Waals surface area contributed by atoms with Gasteiger partial charge in [0.1, 0.15) is 0 Å². The molecule has 0 bridgehead atoms. The molecule has 0 aromatic carbocycles. The number of fused-ring (bicyclic) bond motifs is 1. The van der Waals surface area contributed by atoms with Crippen LogP contribution in [0.5, 0.6) is 0 Å². The van der Waals surface area contributed by atoms with Crippen LogP contribution in [-0.4, -0.2) is 30.7 Å². The average molecular weight is 256 g/mol. The summed E-state index contributed by atoms with van der Waals surface area (Å²) in [5.74, 6) is -0.177. The summed E-state index contributed by atoms with van der Waals surface area (Å²) in [6.45, 7) is 2.34. The number of rotatable bonds is 3. The molecule has 3 rings (SSSR count). The van der Waals surface area contributed by atoms with Gasteiger partial charge in [0.2, 0.25) is 0 Å². The molecule has 3 aromatic heterocycles. The summed E-state index contributed by atoms with van der Waals surface area (Å²) in [5.41, 5.74) is 3.10. The van der Waals surface area contributed by atoms with Gasteiger partial charge in [0.05, 0.1) is 29.7 Å². The maximum Gasteiger partial charge on any atom is 0.255 e. The Hall–Kier alpha value is -2.70. The van der Waals surface area contributed by atoms with Crippen LogP contribution in [0.3, 0.4) is 0 Å². The predicted octanol–water partition coefficient (Wildman–Crippen LogP) is 0.691. The van der Waals surface area contributed by atoms with Gasteiger partial charge >= 0.3 is 0 Å². The van der Waals surface area contributed by atoms with Gasteiger partial charge in [-0.3, -0.25) is 14.9 Å². The Bertz CT molecular complexity index is 728. The Morgan fingerprint density at radius 1 is 1.42 bits per heavy atom. The van der Waals surface area contributed by atoms with Crippen LogP contribution in [0.4, 0.5) is 0 Å². The lowest BCUT2D eigenvalue weighted by atomic mass is 10.2. The summed E-state index contributed by atoms with van der Waals surface area (Å²) in [5, 5.41) is 13.7. The van der Waals surface area contributed by atoms with E-state index in [2.05, 4.69) is 25.6 Å². The first-order valence-electron chi connectivity index (χ1n) is 5.80. The first-order valence-corrected chi connectivity index (χ1v) is 5.80. The van der Waals surface area contributed by atoms with Crippen LogP contribution in [-0.2, 0) is 6.54 Å². The van der Waals surface area contributed by atoms with Crippen molar-refractivity contribution in [3.05, 3.63) is 47.8 Å². The molecule has 0 aliphatic heterocycles. The molecule has 0 saturated carbocycles. The molecule has 96 valence electrons. The SMILES string of the molecule is Cc1[nH]ncc1CNC(=O)c1cnn2ccncc12. The van der Waals surface area contributed by atoms with Gasteiger partial charge in [-0.15, -0.1) is 0 Å². The molecule has 19 heavy (non-hydrogen) atoms. The molecule has 0 fully saturated rings. The molecule has 0 aliphatic rings. The van der Waals surface area contributed by atoms with Crippen molar-refractivity contribution in [1.82, 2.24) is 30.1 Å². The number of hydrogen-bond acceptors (Lipinski definition) is 4. The normalized spacial score (nSPS) is 10.8. The molecule has 7 heteroatoms. The Kier molecular flexibility index (Phi) is 2.71. The number of carbonyl (C=O) groups is 1. The largest absolute Gasteiger partial charge is 0.348 e. The number of aromatic nitrogens is 5. The van der Waals surface area contributed by atoms with Gasteiger partial charge in [0.15, 0.2) is 0 Å². The molecule has 0 aliphatic carbocycles. The second-order valence-electron chi connectivity index (χ2n) is 4.17. The summed E-state index contributed by atoms with van der Waals surface area (Å²) < 4.78 is 1.62. The van der Waals surface area contributed by atoms with E-state index in [1.807, 2.05) is 6.92 Å². The van der Waals surface area contributed by atoms with Gasteiger partial charge in [-0.25, -0.2) is 4.52 Å². The fraction of sp³-hybridized carbons (Fsp3) is 0.167. The van der Waals surface area contributed by atoms with Crippen LogP contribution in [0.15, 0.2) is 31.0 Å². The minimum Gasteiger partial charge on any atom is -0.348 e. The molecule has 2 N–H and O–H groups in total. The molecule has 3 aromatic rings. The van der Waals surface area contributed by atoms with Crippen molar-refractivity contribution in [1.29, 1.82) is 0 Å². The molecule has 0 unspecified atom stereocenters. The molecule has 0 radical (unpaired) electrons. The lowest BCUT2D eigenvalue weighted by Crippen LogP contribution is -2.22. The summed E-state index contributed by atoms with van der Waals surface area (Å²) in [4.78, 5) is 16.1. The first kappa shape index (κ1) is 11.4. The monoisotopic (exact) mass is 256 g/mol. The lowest BCUT2D eigenvalue weighted by molar-refractivity contribution is 0.0952. The van der Waals surface area contributed by atoms with E-state index in [0.29, 0.717) is 17.6 Å². The number of nitrogens with one attached hydrogen (secondary N) is 2. The Morgan fingerprint density at radius 2 is 2.32 bits per heavy atom. The average Bonchev–Trinajstić information content (AvgIpc) is 3.02. The van der Waals surface area contributed by atoms with Crippen molar-refractivity contribution in [2.75, 3.05) is 0 Å². The van der Waals surface area contributed by atoms with E-state index in [0.717, 1.165) is 11.3 Å². The number of nitrogens with zero attached hydrogens (tertiary/aromatic N) is 4. The van der Waals surface area contributed by atoms with Crippen molar-refractivity contribution < 1.29 is 4.79 Å². The van der Waals surface area contributed by atoms with Crippen LogP contribution >= 0.6 is 0 Å². The molecular formula is C12H12N6O. The highest BCUT2D eigenvalue weighted by Gasteiger charge is 2.12. The first-order chi connectivity index (χ1) is 9.25. The minimum absolute atomic E-state index is 0.177. The summed E-state index contributed by atoms with van der Waals surface area (Å²) in [6, 6.07) is 0. The van der Waals surface area contributed by atoms with E-state index in [1.165, 1.54) is 6.20 Å². The second kappa shape index (κ2) is 4.52. The number of amides is 1. The van der Waals surface area contributed by atoms with E-state index in [4.69, 9.17) is 0 Å². The highest BCUT2D eigenvalue weighted by Crippen LogP contribution is 2.09. The van der Waals surface area contributed by atoms with E-state index >= 15 is 0 Å². The van der Waals surface area contributed by atoms with E-state index in [1.54, 1.807) is 29.3 Å². The highest BCUT2D eigenvalue weighted by molar-refractivity contribution is 6.00. The zero-order chi connectivity index (χ0) is 13.2. The maximum atomic E-state index is 12.1. The quantitative estimate of drug-likeness (QED) is 0.721. The van der Waals surface area contributed by atoms with Gasteiger partial charge in [-0.05, 0) is 6.92 Å². The van der Waals surface area contributed by atoms with Crippen molar-refractivity contribution >= 4 is 11.4 Å². The highest BCUT2D eigenvalue weighted by atomic mass is 16.1. The summed E-state index contributed by atoms with van der Waals surface area (Å²) in [7, 11) is 0. The number of aromatic amines is 1. The van der Waals surface area contributed by atoms with Crippen molar-refractivity contribution in [2.45, 2.75) is 13.5 Å². The Morgan fingerprint density at radius 3 is 3.11 bits per heavy atom. The van der Waals surface area contributed by atoms with E-state index in [9.17, 15) is 4.79 Å². The van der Waals surface area contributed by atoms with Crippen LogP contribution in [0.25, 0.3) is 5.52 Å². The molecule has 0 saturated heterocycles. The zero-order valence-corrected chi connectivity index (χ0v) is 10.3. The lowest BCUT2D eigenvalue weighted by Gasteiger charge is -2.03. The zero-order valence-electron chi connectivity index (χ0n) is 10.3. The van der Waals surface area contributed by atoms with Gasteiger partial charge in [-0.2, -0.15) is 10.2 Å². The molecule has 0 atom stereocenters. The fourth-order valence-corrected chi connectivity index (χ4v) is 1.83. The van der Waals surface area contributed by atoms with E-state index < -0.39 is 0 Å². The third-order valence-electron chi connectivity index (χ3n) is 2.94. The predicted molar refractivity (Wildman–Crippen MR) is 67.5 cm³/mol. The third kappa shape index (κ3) is 2.05. The van der Waals surface area contributed by atoms with Crippen LogP contribution < -0.4 is 5.32 Å². The minimum atomic E-state index is -0.177. The fourth-order valence-electron chi connectivity index (χ4n) is 1.83. The van der Waals surface area contributed by atoms with Crippen molar-refractivity contribution in [3.8, 4) is 0 Å². The molecule has 1 amide bonds. The summed E-state index contributed by atoms with van der Waals surface area (Å²) >= 11 is 0. The van der Waals surface area contributed by atoms with Gasteiger partial charge in [0.25, 0.3) is 5.91 Å². The Balaban J connectivity index is 1.79. The Labute approximate surface area is 108 Å². The number of carbonyl (C=O) groups excluding carboxylic acids is 1. The van der Waals surface area contributed by atoms with Crippen LogP contribution in [0.1, 0.15) is 21.6 Å². The second-order valence-corrected chi connectivity index (χ2v) is 4.17. The van der Waals surface area contributed by atoms with Gasteiger partial charge in [-0.1, -0.05) is 0 Å². The topological polar surface area (TPSA) is 88.0 Å². The number of hydrogen-bond donors (Lipinski definition) is 2. The number of aryl methyl sites for hydroxylation is 1. The maximum absolute atomic E-state index is 12.1. The molecular weight excluding hydrogens is 244 g/mol.